The SMILES string of the molecule is COCCNC(=O)NCc1nn(Cc2ccccn2)c(=O)c2ccccc12. The third kappa shape index (κ3) is 4.68. The van der Waals surface area contributed by atoms with Gasteiger partial charge in [-0.15, -0.1) is 0 Å². The first kappa shape index (κ1) is 18.5. The molecule has 0 saturated carbocycles. The lowest BCUT2D eigenvalue weighted by atomic mass is 10.1. The van der Waals surface area contributed by atoms with Gasteiger partial charge in [0.25, 0.3) is 5.56 Å². The van der Waals surface area contributed by atoms with E-state index < -0.39 is 0 Å². The lowest BCUT2D eigenvalue weighted by Crippen LogP contribution is -2.37. The van der Waals surface area contributed by atoms with Crippen molar-refractivity contribution in [1.82, 2.24) is 25.4 Å². The molecule has 0 fully saturated rings. The topological polar surface area (TPSA) is 98.1 Å². The second kappa shape index (κ2) is 8.91. The molecule has 8 heteroatoms. The third-order valence-corrected chi connectivity index (χ3v) is 3.99. The van der Waals surface area contributed by atoms with Crippen LogP contribution in [-0.2, 0) is 17.8 Å². The first-order chi connectivity index (χ1) is 13.2. The van der Waals surface area contributed by atoms with Gasteiger partial charge in [-0.3, -0.25) is 9.78 Å². The summed E-state index contributed by atoms with van der Waals surface area (Å²) in [4.78, 5) is 28.9. The minimum Gasteiger partial charge on any atom is -0.383 e. The molecule has 2 aromatic heterocycles. The first-order valence-corrected chi connectivity index (χ1v) is 8.58. The number of amides is 2. The maximum atomic E-state index is 12.8. The average molecular weight is 367 g/mol. The van der Waals surface area contributed by atoms with Crippen molar-refractivity contribution < 1.29 is 9.53 Å². The van der Waals surface area contributed by atoms with E-state index in [1.54, 1.807) is 19.4 Å². The van der Waals surface area contributed by atoms with Crippen LogP contribution in [0.15, 0.2) is 53.5 Å². The number of pyridine rings is 1. The van der Waals surface area contributed by atoms with Gasteiger partial charge in [0.2, 0.25) is 0 Å². The van der Waals surface area contributed by atoms with Gasteiger partial charge in [0.05, 0.1) is 36.5 Å². The molecule has 0 saturated heterocycles. The fourth-order valence-corrected chi connectivity index (χ4v) is 2.68. The number of rotatable bonds is 7. The monoisotopic (exact) mass is 367 g/mol. The van der Waals surface area contributed by atoms with Crippen LogP contribution in [-0.4, -0.2) is 41.1 Å². The smallest absolute Gasteiger partial charge is 0.315 e. The van der Waals surface area contributed by atoms with Crippen molar-refractivity contribution in [3.05, 3.63) is 70.4 Å². The first-order valence-electron chi connectivity index (χ1n) is 8.58. The molecule has 2 amide bonds. The van der Waals surface area contributed by atoms with E-state index >= 15 is 0 Å². The Balaban J connectivity index is 1.86. The molecular formula is C19H21N5O3. The summed E-state index contributed by atoms with van der Waals surface area (Å²) in [5, 5.41) is 11.2. The van der Waals surface area contributed by atoms with E-state index in [0.29, 0.717) is 24.2 Å². The average Bonchev–Trinajstić information content (AvgIpc) is 2.70. The Hall–Kier alpha value is -3.26. The van der Waals surface area contributed by atoms with Gasteiger partial charge in [-0.1, -0.05) is 24.3 Å². The molecule has 0 atom stereocenters. The van der Waals surface area contributed by atoms with Gasteiger partial charge in [0.1, 0.15) is 0 Å². The molecule has 0 unspecified atom stereocenters. The number of carbonyl (C=O) groups excluding carboxylic acids is 1. The summed E-state index contributed by atoms with van der Waals surface area (Å²) < 4.78 is 6.28. The summed E-state index contributed by atoms with van der Waals surface area (Å²) in [6, 6.07) is 12.4. The zero-order chi connectivity index (χ0) is 19.1. The maximum absolute atomic E-state index is 12.8. The predicted molar refractivity (Wildman–Crippen MR) is 101 cm³/mol. The lowest BCUT2D eigenvalue weighted by Gasteiger charge is -2.12. The number of nitrogens with zero attached hydrogens (tertiary/aromatic N) is 3. The number of carbonyl (C=O) groups is 1. The van der Waals surface area contributed by atoms with Crippen molar-refractivity contribution in [2.45, 2.75) is 13.1 Å². The molecule has 27 heavy (non-hydrogen) atoms. The van der Waals surface area contributed by atoms with Crippen LogP contribution in [0.2, 0.25) is 0 Å². The van der Waals surface area contributed by atoms with E-state index in [1.807, 2.05) is 36.4 Å². The second-order valence-electron chi connectivity index (χ2n) is 5.88. The van der Waals surface area contributed by atoms with E-state index in [2.05, 4.69) is 20.7 Å². The normalized spacial score (nSPS) is 10.7. The number of fused-ring (bicyclic) bond motifs is 1. The van der Waals surface area contributed by atoms with Crippen molar-refractivity contribution in [1.29, 1.82) is 0 Å². The summed E-state index contributed by atoms with van der Waals surface area (Å²) in [6.07, 6.45) is 1.67. The molecule has 0 bridgehead atoms. The summed E-state index contributed by atoms with van der Waals surface area (Å²) in [6.45, 7) is 1.30. The molecule has 0 spiro atoms. The van der Waals surface area contributed by atoms with E-state index in [-0.39, 0.29) is 24.7 Å². The minimum absolute atomic E-state index is 0.190. The molecule has 3 rings (SSSR count). The van der Waals surface area contributed by atoms with Crippen molar-refractivity contribution in [3.63, 3.8) is 0 Å². The Morgan fingerprint density at radius 3 is 2.63 bits per heavy atom. The number of methoxy groups -OCH3 is 1. The number of urea groups is 1. The summed E-state index contributed by atoms with van der Waals surface area (Å²) in [5.41, 5.74) is 1.16. The van der Waals surface area contributed by atoms with E-state index in [9.17, 15) is 9.59 Å². The van der Waals surface area contributed by atoms with Crippen LogP contribution in [0, 0.1) is 0 Å². The Morgan fingerprint density at radius 2 is 1.89 bits per heavy atom. The van der Waals surface area contributed by atoms with Gasteiger partial charge in [-0.05, 0) is 18.2 Å². The second-order valence-corrected chi connectivity index (χ2v) is 5.88. The molecule has 8 nitrogen and oxygen atoms in total. The summed E-state index contributed by atoms with van der Waals surface area (Å²) in [7, 11) is 1.57. The number of nitrogens with one attached hydrogen (secondary N) is 2. The molecule has 0 aliphatic rings. The van der Waals surface area contributed by atoms with Gasteiger partial charge < -0.3 is 15.4 Å². The number of hydrogen-bond donors (Lipinski definition) is 2. The lowest BCUT2D eigenvalue weighted by molar-refractivity contribution is 0.195. The van der Waals surface area contributed by atoms with Crippen LogP contribution < -0.4 is 16.2 Å². The van der Waals surface area contributed by atoms with Gasteiger partial charge in [0.15, 0.2) is 0 Å². The van der Waals surface area contributed by atoms with Crippen LogP contribution in [0.1, 0.15) is 11.4 Å². The van der Waals surface area contributed by atoms with Gasteiger partial charge in [0, 0.05) is 25.2 Å². The summed E-state index contributed by atoms with van der Waals surface area (Å²) in [5.74, 6) is 0. The van der Waals surface area contributed by atoms with Gasteiger partial charge in [-0.2, -0.15) is 5.10 Å². The molecule has 2 N–H and O–H groups in total. The zero-order valence-electron chi connectivity index (χ0n) is 15.0. The Kier molecular flexibility index (Phi) is 6.11. The van der Waals surface area contributed by atoms with E-state index in [1.165, 1.54) is 4.68 Å². The molecule has 0 aliphatic heterocycles. The van der Waals surface area contributed by atoms with Crippen molar-refractivity contribution in [2.24, 2.45) is 0 Å². The van der Waals surface area contributed by atoms with Crippen LogP contribution in [0.25, 0.3) is 10.8 Å². The molecule has 140 valence electrons. The maximum Gasteiger partial charge on any atom is 0.315 e. The predicted octanol–water partition coefficient (Wildman–Crippen LogP) is 1.29. The standard InChI is InChI=1S/C19H21N5O3/c1-27-11-10-21-19(26)22-12-17-15-7-2-3-8-16(15)18(25)24(23-17)13-14-6-4-5-9-20-14/h2-9H,10-13H2,1H3,(H2,21,22,26). The van der Waals surface area contributed by atoms with E-state index in [0.717, 1.165) is 11.1 Å². The Bertz CT molecular complexity index is 972. The molecule has 2 heterocycles. The number of hydrogen-bond acceptors (Lipinski definition) is 5. The largest absolute Gasteiger partial charge is 0.383 e. The summed E-state index contributed by atoms with van der Waals surface area (Å²) >= 11 is 0. The number of ether oxygens (including phenoxy) is 1. The molecule has 0 radical (unpaired) electrons. The van der Waals surface area contributed by atoms with Gasteiger partial charge >= 0.3 is 6.03 Å². The molecule has 3 aromatic rings. The van der Waals surface area contributed by atoms with Crippen LogP contribution in [0.5, 0.6) is 0 Å². The number of benzene rings is 1. The fourth-order valence-electron chi connectivity index (χ4n) is 2.68. The number of aromatic nitrogens is 3. The van der Waals surface area contributed by atoms with E-state index in [4.69, 9.17) is 4.74 Å². The highest BCUT2D eigenvalue weighted by Gasteiger charge is 2.12. The highest BCUT2D eigenvalue weighted by Crippen LogP contribution is 2.13. The molecule has 0 aliphatic carbocycles. The highest BCUT2D eigenvalue weighted by molar-refractivity contribution is 5.84. The van der Waals surface area contributed by atoms with Crippen LogP contribution in [0.3, 0.4) is 0 Å². The molecule has 1 aromatic carbocycles. The van der Waals surface area contributed by atoms with Crippen LogP contribution >= 0.6 is 0 Å². The van der Waals surface area contributed by atoms with Crippen molar-refractivity contribution in [2.75, 3.05) is 20.3 Å². The minimum atomic E-state index is -0.319. The van der Waals surface area contributed by atoms with Crippen LogP contribution in [0.4, 0.5) is 4.79 Å². The fraction of sp³-hybridized carbons (Fsp3) is 0.263. The Labute approximate surface area is 156 Å². The highest BCUT2D eigenvalue weighted by atomic mass is 16.5. The third-order valence-electron chi connectivity index (χ3n) is 3.99. The van der Waals surface area contributed by atoms with Crippen molar-refractivity contribution >= 4 is 16.8 Å². The van der Waals surface area contributed by atoms with Crippen molar-refractivity contribution in [3.8, 4) is 0 Å². The quantitative estimate of drug-likeness (QED) is 0.613. The Morgan fingerprint density at radius 1 is 1.11 bits per heavy atom. The zero-order valence-corrected chi connectivity index (χ0v) is 15.0. The van der Waals surface area contributed by atoms with Gasteiger partial charge in [-0.25, -0.2) is 9.48 Å². The molecular weight excluding hydrogens is 346 g/mol.